The van der Waals surface area contributed by atoms with E-state index in [1.807, 2.05) is 67.4 Å². The minimum absolute atomic E-state index is 0.373. The number of hydrogen-bond acceptors (Lipinski definition) is 13. The molecule has 528 valence electrons. The highest BCUT2D eigenvalue weighted by atomic mass is 15.3. The molecule has 16 aromatic rings. The molecule has 2 aliphatic rings. The van der Waals surface area contributed by atoms with Crippen LogP contribution in [0.3, 0.4) is 0 Å². The summed E-state index contributed by atoms with van der Waals surface area (Å²) in [6.45, 7) is 13.5. The minimum atomic E-state index is -0.427. The second kappa shape index (κ2) is 29.1. The van der Waals surface area contributed by atoms with Crippen molar-refractivity contribution in [2.45, 2.75) is 52.4 Å². The van der Waals surface area contributed by atoms with Crippen LogP contribution in [0.4, 0.5) is 102 Å². The van der Waals surface area contributed by atoms with Gasteiger partial charge in [-0.25, -0.2) is 9.67 Å². The van der Waals surface area contributed by atoms with Crippen LogP contribution in [0.25, 0.3) is 17.1 Å². The van der Waals surface area contributed by atoms with E-state index in [1.54, 1.807) is 35.7 Å². The Hall–Kier alpha value is -14.1. The van der Waals surface area contributed by atoms with Crippen LogP contribution in [0.1, 0.15) is 61.3 Å². The second-order valence-corrected chi connectivity index (χ2v) is 28.1. The topological polar surface area (TPSA) is 115 Å². The number of pyridine rings is 6. The first-order valence-electron chi connectivity index (χ1n) is 36.6. The summed E-state index contributed by atoms with van der Waals surface area (Å²) in [5.41, 5.74) is 26.8. The molecule has 7 aromatic heterocycles. The third kappa shape index (κ3) is 13.0. The Morgan fingerprint density at radius 2 is 0.569 bits per heavy atom. The van der Waals surface area contributed by atoms with Crippen LogP contribution in [0.2, 0.25) is 0 Å². The number of hydrogen-bond donors (Lipinski definition) is 0. The van der Waals surface area contributed by atoms with Crippen molar-refractivity contribution in [3.8, 4) is 17.1 Å². The van der Waals surface area contributed by atoms with Crippen LogP contribution >= 0.6 is 0 Å². The molecule has 14 nitrogen and oxygen atoms in total. The summed E-state index contributed by atoms with van der Waals surface area (Å²) in [5, 5.41) is 4.44. The molecular weight excluding hydrogens is 1340 g/mol. The van der Waals surface area contributed by atoms with E-state index in [4.69, 9.17) is 9.97 Å². The highest BCUT2D eigenvalue weighted by molar-refractivity contribution is 5.94. The number of nitrogens with zero attached hydrogens (tertiary/aromatic N) is 14. The molecule has 0 atom stereocenters. The first kappa shape index (κ1) is 68.0. The van der Waals surface area contributed by atoms with E-state index in [1.165, 1.54) is 22.3 Å². The Morgan fingerprint density at radius 1 is 0.266 bits per heavy atom. The summed E-state index contributed by atoms with van der Waals surface area (Å²) in [5.74, 6) is 0.785. The molecule has 0 radical (unpaired) electrons. The smallest absolute Gasteiger partial charge is 0.153 e. The van der Waals surface area contributed by atoms with Gasteiger partial charge in [0, 0.05) is 99.1 Å². The quantitative estimate of drug-likeness (QED) is 0.0915. The van der Waals surface area contributed by atoms with Crippen LogP contribution in [0, 0.1) is 13.8 Å². The molecule has 9 heterocycles. The fraction of sp³-hybridized carbons (Fsp3) is 0.0842. The normalized spacial score (nSPS) is 12.8. The number of rotatable bonds is 16. The number of fused-ring (bicyclic) bond motifs is 4. The van der Waals surface area contributed by atoms with Gasteiger partial charge in [-0.2, -0.15) is 5.10 Å². The van der Waals surface area contributed by atoms with E-state index in [9.17, 15) is 0 Å². The SMILES string of the molecule is Cc1nc(-c2ccccc2)ccc1N1c2ccc(N(c3cccnc3)c3cccnc3)cc2C(C)(C)c2cc(N(c3cccnc3)c3cccnc3)ccc21.Cc1nc(-n2cccn2)ccc1N1c2ccc(N(c3ccccc3)c3ccccc3)cc2C(C)(C)c2cc(N(c3ccccc3)c3ccccc3)ccc21. The number of para-hydroxylation sites is 4. The van der Waals surface area contributed by atoms with Crippen LogP contribution in [0.5, 0.6) is 0 Å². The van der Waals surface area contributed by atoms with Gasteiger partial charge in [0.15, 0.2) is 5.82 Å². The molecule has 2 aliphatic heterocycles. The summed E-state index contributed by atoms with van der Waals surface area (Å²) in [6, 6.07) is 107. The molecule has 109 heavy (non-hydrogen) atoms. The summed E-state index contributed by atoms with van der Waals surface area (Å²) in [7, 11) is 0. The molecule has 0 spiro atoms. The first-order valence-corrected chi connectivity index (χ1v) is 36.6. The monoisotopic (exact) mass is 1410 g/mol. The molecule has 0 saturated heterocycles. The Morgan fingerprint density at radius 3 is 0.872 bits per heavy atom. The Bertz CT molecular complexity index is 5410. The van der Waals surface area contributed by atoms with Gasteiger partial charge in [-0.3, -0.25) is 24.9 Å². The zero-order chi connectivity index (χ0) is 74.0. The average molecular weight is 1420 g/mol. The van der Waals surface area contributed by atoms with Gasteiger partial charge in [0.05, 0.1) is 98.7 Å². The molecule has 14 heteroatoms. The van der Waals surface area contributed by atoms with Gasteiger partial charge in [0.25, 0.3) is 0 Å². The maximum atomic E-state index is 5.17. The molecule has 0 bridgehead atoms. The van der Waals surface area contributed by atoms with Gasteiger partial charge in [0.2, 0.25) is 0 Å². The van der Waals surface area contributed by atoms with Crippen molar-refractivity contribution in [3.05, 3.63) is 399 Å². The number of aryl methyl sites for hydroxylation is 2. The van der Waals surface area contributed by atoms with Gasteiger partial charge >= 0.3 is 0 Å². The van der Waals surface area contributed by atoms with Gasteiger partial charge in [-0.15, -0.1) is 0 Å². The average Bonchev–Trinajstić information content (AvgIpc) is 1.38. The second-order valence-electron chi connectivity index (χ2n) is 28.1. The third-order valence-electron chi connectivity index (χ3n) is 20.7. The van der Waals surface area contributed by atoms with E-state index < -0.39 is 5.41 Å². The molecule has 0 amide bonds. The maximum Gasteiger partial charge on any atom is 0.153 e. The van der Waals surface area contributed by atoms with Gasteiger partial charge < -0.3 is 29.4 Å². The summed E-state index contributed by atoms with van der Waals surface area (Å²) in [4.78, 5) is 42.0. The van der Waals surface area contributed by atoms with Crippen molar-refractivity contribution in [1.82, 2.24) is 39.7 Å². The predicted molar refractivity (Wildman–Crippen MR) is 444 cm³/mol. The largest absolute Gasteiger partial charge is 0.310 e. The van der Waals surface area contributed by atoms with E-state index >= 15 is 0 Å². The van der Waals surface area contributed by atoms with E-state index in [0.717, 1.165) is 131 Å². The van der Waals surface area contributed by atoms with Crippen molar-refractivity contribution >= 4 is 102 Å². The molecule has 18 rings (SSSR count). The highest BCUT2D eigenvalue weighted by Crippen LogP contribution is 2.58. The van der Waals surface area contributed by atoms with E-state index in [0.29, 0.717) is 0 Å². The van der Waals surface area contributed by atoms with Crippen LogP contribution in [-0.4, -0.2) is 39.7 Å². The lowest BCUT2D eigenvalue weighted by atomic mass is 9.73. The van der Waals surface area contributed by atoms with Crippen molar-refractivity contribution in [3.63, 3.8) is 0 Å². The third-order valence-corrected chi connectivity index (χ3v) is 20.7. The lowest BCUT2D eigenvalue weighted by molar-refractivity contribution is 0.631. The summed E-state index contributed by atoms with van der Waals surface area (Å²) >= 11 is 0. The van der Waals surface area contributed by atoms with Crippen molar-refractivity contribution < 1.29 is 0 Å². The summed E-state index contributed by atoms with van der Waals surface area (Å²) < 4.78 is 1.81. The number of aromatic nitrogens is 8. The number of benzene rings is 9. The van der Waals surface area contributed by atoms with E-state index in [2.05, 4.69) is 363 Å². The minimum Gasteiger partial charge on any atom is -0.310 e. The molecule has 9 aromatic carbocycles. The molecule has 0 unspecified atom stereocenters. The molecule has 0 N–H and O–H groups in total. The Kier molecular flexibility index (Phi) is 18.2. The summed E-state index contributed by atoms with van der Waals surface area (Å²) in [6.07, 6.45) is 18.5. The highest BCUT2D eigenvalue weighted by Gasteiger charge is 2.41. The maximum absolute atomic E-state index is 5.17. The lowest BCUT2D eigenvalue weighted by Gasteiger charge is -2.43. The van der Waals surface area contributed by atoms with Crippen molar-refractivity contribution in [1.29, 1.82) is 0 Å². The van der Waals surface area contributed by atoms with Gasteiger partial charge in [-0.05, 0) is 236 Å². The fourth-order valence-corrected chi connectivity index (χ4v) is 15.4. The molecule has 0 aliphatic carbocycles. The van der Waals surface area contributed by atoms with Crippen LogP contribution in [-0.2, 0) is 10.8 Å². The fourth-order valence-electron chi connectivity index (χ4n) is 15.4. The molecular formula is C95H78N14. The van der Waals surface area contributed by atoms with Crippen LogP contribution in [0.15, 0.2) is 365 Å². The first-order chi connectivity index (χ1) is 53.4. The number of anilines is 18. The zero-order valence-electron chi connectivity index (χ0n) is 61.4. The Balaban J connectivity index is 0.000000159. The van der Waals surface area contributed by atoms with Crippen LogP contribution < -0.4 is 29.4 Å². The standard InChI is InChI=1S/C48H40N6.C47H38N8/c1-35-44(29-30-47(50-35)51-32-16-31-49-51)54-45-27-25-40(52(36-17-8-4-9-18-36)37-19-10-5-11-20-37)33-42(45)48(2,3)43-34-41(26-28-46(43)54)53(38-21-12-6-13-22-38)39-23-14-7-15-24-39;1-33-44(22-19-43(52-33)34-11-5-4-6-12-34)55-45-20-17-35(53(37-13-7-23-48-29-37)38-14-8-24-49-30-38)27-41(45)47(2,3)42-28-36(18-21-46(42)55)54(39-15-9-25-50-31-39)40-16-10-26-51-32-40/h4-34H,1-3H3;4-32H,1-3H3. The van der Waals surface area contributed by atoms with E-state index in [-0.39, 0.29) is 5.41 Å². The van der Waals surface area contributed by atoms with Gasteiger partial charge in [-0.1, -0.05) is 131 Å². The molecule has 0 saturated carbocycles. The van der Waals surface area contributed by atoms with Crippen molar-refractivity contribution in [2.24, 2.45) is 0 Å². The zero-order valence-corrected chi connectivity index (χ0v) is 61.4. The lowest BCUT2D eigenvalue weighted by Crippen LogP contribution is -2.31. The van der Waals surface area contributed by atoms with Gasteiger partial charge in [0.1, 0.15) is 0 Å². The van der Waals surface area contributed by atoms with Crippen molar-refractivity contribution in [2.75, 3.05) is 29.4 Å². The predicted octanol–water partition coefficient (Wildman–Crippen LogP) is 24.3. The Labute approximate surface area is 636 Å². The molecule has 0 fully saturated rings.